The van der Waals surface area contributed by atoms with Gasteiger partial charge in [0, 0.05) is 3.57 Å². The van der Waals surface area contributed by atoms with Gasteiger partial charge in [0.05, 0.1) is 12.7 Å². The van der Waals surface area contributed by atoms with Crippen molar-refractivity contribution in [1.29, 1.82) is 0 Å². The van der Waals surface area contributed by atoms with E-state index < -0.39 is 0 Å². The third-order valence-corrected chi connectivity index (χ3v) is 3.14. The van der Waals surface area contributed by atoms with Crippen molar-refractivity contribution in [3.8, 4) is 11.1 Å². The minimum absolute atomic E-state index is 0.305. The fraction of sp³-hybridized carbons (Fsp3) is 0.0714. The first-order valence-corrected chi connectivity index (χ1v) is 6.23. The van der Waals surface area contributed by atoms with Crippen molar-refractivity contribution in [2.24, 2.45) is 0 Å². The number of hydrogen-bond donors (Lipinski definition) is 0. The molecule has 3 heteroatoms. The first-order chi connectivity index (χ1) is 8.22. The van der Waals surface area contributed by atoms with Gasteiger partial charge in [0.15, 0.2) is 0 Å². The summed E-state index contributed by atoms with van der Waals surface area (Å²) in [7, 11) is 1.40. The predicted molar refractivity (Wildman–Crippen MR) is 75.9 cm³/mol. The molecule has 0 radical (unpaired) electrons. The molecule has 0 spiro atoms. The summed E-state index contributed by atoms with van der Waals surface area (Å²) in [5.74, 6) is -0.305. The van der Waals surface area contributed by atoms with Crippen LogP contribution in [0, 0.1) is 3.57 Å². The normalized spacial score (nSPS) is 10.0. The number of carbonyl (C=O) groups is 1. The molecule has 0 saturated heterocycles. The quantitative estimate of drug-likeness (QED) is 0.616. The number of ether oxygens (including phenoxy) is 1. The topological polar surface area (TPSA) is 26.3 Å². The van der Waals surface area contributed by atoms with Crippen LogP contribution in [0.2, 0.25) is 0 Å². The Morgan fingerprint density at radius 2 is 1.82 bits per heavy atom. The Kier molecular flexibility index (Phi) is 3.78. The number of esters is 1. The van der Waals surface area contributed by atoms with Gasteiger partial charge in [-0.15, -0.1) is 0 Å². The number of hydrogen-bond acceptors (Lipinski definition) is 2. The number of methoxy groups -OCH3 is 1. The van der Waals surface area contributed by atoms with Gasteiger partial charge in [-0.25, -0.2) is 4.79 Å². The van der Waals surface area contributed by atoms with E-state index in [4.69, 9.17) is 4.74 Å². The zero-order valence-corrected chi connectivity index (χ0v) is 11.5. The number of halogens is 1. The number of benzene rings is 2. The summed E-state index contributed by atoms with van der Waals surface area (Å²) < 4.78 is 5.89. The van der Waals surface area contributed by atoms with Gasteiger partial charge in [0.1, 0.15) is 0 Å². The van der Waals surface area contributed by atoms with Crippen LogP contribution in [-0.4, -0.2) is 13.1 Å². The average molecular weight is 338 g/mol. The highest BCUT2D eigenvalue weighted by atomic mass is 127. The minimum atomic E-state index is -0.305. The maximum atomic E-state index is 11.7. The highest BCUT2D eigenvalue weighted by Crippen LogP contribution is 2.26. The third kappa shape index (κ3) is 2.66. The van der Waals surface area contributed by atoms with Crippen LogP contribution in [0.4, 0.5) is 0 Å². The van der Waals surface area contributed by atoms with Gasteiger partial charge in [-0.1, -0.05) is 30.3 Å². The summed E-state index contributed by atoms with van der Waals surface area (Å²) in [6.45, 7) is 0. The second kappa shape index (κ2) is 5.31. The van der Waals surface area contributed by atoms with Crippen LogP contribution in [-0.2, 0) is 4.74 Å². The lowest BCUT2D eigenvalue weighted by Gasteiger charge is -2.08. The van der Waals surface area contributed by atoms with Gasteiger partial charge >= 0.3 is 5.97 Å². The van der Waals surface area contributed by atoms with E-state index in [1.807, 2.05) is 42.5 Å². The molecule has 0 aliphatic rings. The fourth-order valence-electron chi connectivity index (χ4n) is 1.66. The SMILES string of the molecule is COC(=O)c1ccc(I)cc1-c1ccccc1. The van der Waals surface area contributed by atoms with Gasteiger partial charge in [-0.2, -0.15) is 0 Å². The molecule has 2 aromatic carbocycles. The van der Waals surface area contributed by atoms with Gasteiger partial charge < -0.3 is 4.74 Å². The van der Waals surface area contributed by atoms with Gasteiger partial charge in [0.2, 0.25) is 0 Å². The van der Waals surface area contributed by atoms with Crippen molar-refractivity contribution in [3.63, 3.8) is 0 Å². The Hall–Kier alpha value is -1.36. The molecule has 0 unspecified atom stereocenters. The van der Waals surface area contributed by atoms with E-state index >= 15 is 0 Å². The first kappa shape index (κ1) is 12.1. The van der Waals surface area contributed by atoms with E-state index in [0.717, 1.165) is 14.7 Å². The number of carbonyl (C=O) groups excluding carboxylic acids is 1. The standard InChI is InChI=1S/C14H11IO2/c1-17-14(16)12-8-7-11(15)9-13(12)10-5-3-2-4-6-10/h2-9H,1H3. The van der Waals surface area contributed by atoms with Gasteiger partial charge in [0.25, 0.3) is 0 Å². The Bertz CT molecular complexity index is 535. The predicted octanol–water partition coefficient (Wildman–Crippen LogP) is 3.74. The van der Waals surface area contributed by atoms with Crippen molar-refractivity contribution in [3.05, 3.63) is 57.7 Å². The van der Waals surface area contributed by atoms with Crippen molar-refractivity contribution in [2.75, 3.05) is 7.11 Å². The molecular formula is C14H11IO2. The molecule has 0 amide bonds. The second-order valence-corrected chi connectivity index (χ2v) is 4.79. The Morgan fingerprint density at radius 3 is 2.47 bits per heavy atom. The third-order valence-electron chi connectivity index (χ3n) is 2.47. The molecule has 0 atom stereocenters. The highest BCUT2D eigenvalue weighted by molar-refractivity contribution is 14.1. The van der Waals surface area contributed by atoms with Crippen molar-refractivity contribution >= 4 is 28.6 Å². The van der Waals surface area contributed by atoms with Crippen molar-refractivity contribution in [2.45, 2.75) is 0 Å². The molecule has 0 saturated carbocycles. The molecule has 2 nitrogen and oxygen atoms in total. The fourth-order valence-corrected chi connectivity index (χ4v) is 2.15. The lowest BCUT2D eigenvalue weighted by atomic mass is 10.00. The van der Waals surface area contributed by atoms with Crippen LogP contribution < -0.4 is 0 Å². The van der Waals surface area contributed by atoms with Gasteiger partial charge in [-0.05, 0) is 51.9 Å². The Morgan fingerprint density at radius 1 is 1.12 bits per heavy atom. The molecule has 17 heavy (non-hydrogen) atoms. The molecule has 0 N–H and O–H groups in total. The first-order valence-electron chi connectivity index (χ1n) is 5.15. The van der Waals surface area contributed by atoms with Gasteiger partial charge in [-0.3, -0.25) is 0 Å². The molecule has 2 aromatic rings. The van der Waals surface area contributed by atoms with E-state index in [0.29, 0.717) is 5.56 Å². The summed E-state index contributed by atoms with van der Waals surface area (Å²) in [4.78, 5) is 11.7. The molecule has 0 fully saturated rings. The second-order valence-electron chi connectivity index (χ2n) is 3.55. The lowest BCUT2D eigenvalue weighted by Crippen LogP contribution is -2.03. The number of rotatable bonds is 2. The van der Waals surface area contributed by atoms with Crippen LogP contribution in [0.25, 0.3) is 11.1 Å². The van der Waals surface area contributed by atoms with E-state index in [2.05, 4.69) is 22.6 Å². The summed E-state index contributed by atoms with van der Waals surface area (Å²) in [6, 6.07) is 15.5. The molecule has 0 heterocycles. The van der Waals surface area contributed by atoms with Crippen molar-refractivity contribution in [1.82, 2.24) is 0 Å². The Balaban J connectivity index is 2.59. The van der Waals surface area contributed by atoms with E-state index in [1.165, 1.54) is 7.11 Å². The largest absolute Gasteiger partial charge is 0.465 e. The van der Waals surface area contributed by atoms with E-state index in [-0.39, 0.29) is 5.97 Å². The zero-order valence-electron chi connectivity index (χ0n) is 9.31. The summed E-state index contributed by atoms with van der Waals surface area (Å²) in [5.41, 5.74) is 2.52. The maximum Gasteiger partial charge on any atom is 0.338 e. The monoisotopic (exact) mass is 338 g/mol. The van der Waals surface area contributed by atoms with E-state index in [1.54, 1.807) is 6.07 Å². The highest BCUT2D eigenvalue weighted by Gasteiger charge is 2.13. The zero-order chi connectivity index (χ0) is 12.3. The smallest absolute Gasteiger partial charge is 0.338 e. The Labute approximate surface area is 114 Å². The summed E-state index contributed by atoms with van der Waals surface area (Å²) in [5, 5.41) is 0. The molecule has 86 valence electrons. The van der Waals surface area contributed by atoms with Crippen LogP contribution in [0.3, 0.4) is 0 Å². The average Bonchev–Trinajstić information content (AvgIpc) is 2.39. The molecule has 0 aliphatic carbocycles. The minimum Gasteiger partial charge on any atom is -0.465 e. The van der Waals surface area contributed by atoms with Crippen molar-refractivity contribution < 1.29 is 9.53 Å². The van der Waals surface area contributed by atoms with Crippen LogP contribution in [0.5, 0.6) is 0 Å². The van der Waals surface area contributed by atoms with Crippen LogP contribution in [0.1, 0.15) is 10.4 Å². The van der Waals surface area contributed by atoms with Crippen LogP contribution in [0.15, 0.2) is 48.5 Å². The molecule has 2 rings (SSSR count). The van der Waals surface area contributed by atoms with Crippen LogP contribution >= 0.6 is 22.6 Å². The lowest BCUT2D eigenvalue weighted by molar-refractivity contribution is 0.0601. The maximum absolute atomic E-state index is 11.7. The summed E-state index contributed by atoms with van der Waals surface area (Å²) >= 11 is 2.23. The van der Waals surface area contributed by atoms with E-state index in [9.17, 15) is 4.79 Å². The molecular weight excluding hydrogens is 327 g/mol. The molecule has 0 aliphatic heterocycles. The molecule has 0 bridgehead atoms. The molecule has 0 aromatic heterocycles. The summed E-state index contributed by atoms with van der Waals surface area (Å²) in [6.07, 6.45) is 0.